The van der Waals surface area contributed by atoms with Gasteiger partial charge in [-0.2, -0.15) is 0 Å². The monoisotopic (exact) mass is 576 g/mol. The molecule has 6 unspecified atom stereocenters. The summed E-state index contributed by atoms with van der Waals surface area (Å²) >= 11 is 5.42. The zero-order chi connectivity index (χ0) is 28.8. The number of rotatable bonds is 2. The van der Waals surface area contributed by atoms with Crippen LogP contribution in [0.1, 0.15) is 27.7 Å². The highest BCUT2D eigenvalue weighted by atomic mass is 32.1. The van der Waals surface area contributed by atoms with Gasteiger partial charge in [-0.1, -0.05) is 39.0 Å². The van der Waals surface area contributed by atoms with Crippen molar-refractivity contribution in [1.82, 2.24) is 0 Å². The fourth-order valence-electron chi connectivity index (χ4n) is 9.10. The summed E-state index contributed by atoms with van der Waals surface area (Å²) in [5.74, 6) is -4.99. The van der Waals surface area contributed by atoms with Crippen molar-refractivity contribution in [2.24, 2.45) is 28.1 Å². The van der Waals surface area contributed by atoms with Gasteiger partial charge in [0.05, 0.1) is 17.4 Å². The summed E-state index contributed by atoms with van der Waals surface area (Å²) in [5.41, 5.74) is -9.60. The first-order valence-corrected chi connectivity index (χ1v) is 13.4. The number of esters is 3. The van der Waals surface area contributed by atoms with Crippen LogP contribution in [0.25, 0.3) is 0 Å². The highest BCUT2D eigenvalue weighted by Gasteiger charge is 3.06. The van der Waals surface area contributed by atoms with Gasteiger partial charge in [-0.25, -0.2) is 9.59 Å². The molecule has 12 atom stereocenters. The van der Waals surface area contributed by atoms with Crippen molar-refractivity contribution in [1.29, 1.82) is 0 Å². The van der Waals surface area contributed by atoms with E-state index in [-0.39, 0.29) is 0 Å². The van der Waals surface area contributed by atoms with E-state index in [0.717, 1.165) is 0 Å². The smallest absolute Gasteiger partial charge is 0.358 e. The molecular weight excluding hydrogens is 548 g/mol. The van der Waals surface area contributed by atoms with E-state index in [1.165, 1.54) is 6.92 Å². The molecule has 4 saturated heterocycles. The molecule has 6 aliphatic rings. The van der Waals surface area contributed by atoms with Crippen LogP contribution in [-0.4, -0.2) is 86.5 Å². The summed E-state index contributed by atoms with van der Waals surface area (Å²) < 4.78 is 35.2. The Kier molecular flexibility index (Phi) is 4.90. The lowest BCUT2D eigenvalue weighted by Gasteiger charge is -2.47. The third kappa shape index (κ3) is 2.38. The van der Waals surface area contributed by atoms with Gasteiger partial charge in [0.1, 0.15) is 17.3 Å². The Balaban J connectivity index is 1.50. The van der Waals surface area contributed by atoms with Crippen LogP contribution >= 0.6 is 12.2 Å². The van der Waals surface area contributed by atoms with Crippen molar-refractivity contribution >= 4 is 35.4 Å². The van der Waals surface area contributed by atoms with E-state index in [4.69, 9.17) is 40.6 Å². The molecule has 214 valence electrons. The van der Waals surface area contributed by atoms with Crippen LogP contribution in [0.5, 0.6) is 5.75 Å². The number of aliphatic hydroxyl groups is 3. The average Bonchev–Trinajstić information content (AvgIpc) is 3.57. The minimum Gasteiger partial charge on any atom is -0.456 e. The summed E-state index contributed by atoms with van der Waals surface area (Å²) in [6, 6.07) is 8.41. The quantitative estimate of drug-likeness (QED) is 0.245. The lowest BCUT2D eigenvalue weighted by atomic mass is 9.51. The van der Waals surface area contributed by atoms with Gasteiger partial charge in [-0.15, -0.1) is 0 Å². The van der Waals surface area contributed by atoms with Gasteiger partial charge < -0.3 is 43.7 Å². The Labute approximate surface area is 233 Å². The first-order chi connectivity index (χ1) is 18.7. The summed E-state index contributed by atoms with van der Waals surface area (Å²) in [4.78, 5) is 39.9. The minimum absolute atomic E-state index is 0.314. The van der Waals surface area contributed by atoms with Crippen LogP contribution in [0, 0.1) is 28.1 Å². The topological polar surface area (TPSA) is 167 Å². The SMILES string of the molecule is C[C@@H]1C(=O)OC2[C@H](OC(=S)Oc3ccccc3)C34C5OC(=O)[C@]3(OC3OC(=O)[C@H](O)C34C(C(C)(C)C)[C@H]5O)[C@]21O. The van der Waals surface area contributed by atoms with E-state index >= 15 is 0 Å². The normalized spacial score (nSPS) is 49.5. The molecule has 7 rings (SSSR count). The van der Waals surface area contributed by atoms with Crippen molar-refractivity contribution in [3.8, 4) is 5.75 Å². The molecular formula is C27H28O12S. The predicted octanol–water partition coefficient (Wildman–Crippen LogP) is -0.0105. The average molecular weight is 577 g/mol. The third-order valence-electron chi connectivity index (χ3n) is 10.1. The van der Waals surface area contributed by atoms with Crippen LogP contribution in [0.2, 0.25) is 0 Å². The van der Waals surface area contributed by atoms with E-state index < -0.39 is 99.2 Å². The molecule has 0 amide bonds. The van der Waals surface area contributed by atoms with Gasteiger partial charge in [0, 0.05) is 18.1 Å². The summed E-state index contributed by atoms with van der Waals surface area (Å²) in [7, 11) is 0. The molecule has 2 aliphatic carbocycles. The zero-order valence-corrected chi connectivity index (χ0v) is 22.7. The number of para-hydroxylation sites is 1. The van der Waals surface area contributed by atoms with Gasteiger partial charge in [-0.3, -0.25) is 4.79 Å². The molecule has 0 bridgehead atoms. The molecule has 0 radical (unpaired) electrons. The number of ether oxygens (including phenoxy) is 6. The standard InChI is InChI=1S/C27H28O12S/c1-10-18(30)35-17-16(37-22(40)34-11-8-6-5-7-9-11)25-15-12(28)13(23(2,3)4)24(25)14(29)19(31)38-21(24)39-27(25,20(32)36-15)26(10,17)33/h5-10,12-17,21,28-29,33H,1-4H3/t10-,12-,13?,14+,15?,16+,17?,21?,24?,25?,26-,27-/m1/s1. The van der Waals surface area contributed by atoms with Crippen LogP contribution < -0.4 is 4.74 Å². The maximum atomic E-state index is 14.0. The minimum atomic E-state index is -2.44. The Morgan fingerprint density at radius 2 is 1.68 bits per heavy atom. The van der Waals surface area contributed by atoms with Gasteiger partial charge in [0.15, 0.2) is 23.9 Å². The van der Waals surface area contributed by atoms with Crippen LogP contribution in [-0.2, 0) is 38.1 Å². The van der Waals surface area contributed by atoms with Crippen LogP contribution in [0.3, 0.4) is 0 Å². The largest absolute Gasteiger partial charge is 0.456 e. The van der Waals surface area contributed by atoms with Gasteiger partial charge in [0.2, 0.25) is 11.9 Å². The molecule has 2 saturated carbocycles. The maximum Gasteiger partial charge on any atom is 0.358 e. The molecule has 4 heterocycles. The fourth-order valence-corrected chi connectivity index (χ4v) is 9.30. The number of fused-ring (bicyclic) bond motifs is 1. The van der Waals surface area contributed by atoms with Crippen LogP contribution in [0.15, 0.2) is 30.3 Å². The Hall–Kier alpha value is -2.84. The lowest BCUT2D eigenvalue weighted by Crippen LogP contribution is -2.67. The van der Waals surface area contributed by atoms with E-state index in [0.29, 0.717) is 5.75 Å². The molecule has 12 nitrogen and oxygen atoms in total. The first kappa shape index (κ1) is 26.1. The van der Waals surface area contributed by atoms with E-state index in [2.05, 4.69) is 0 Å². The maximum absolute atomic E-state index is 14.0. The zero-order valence-electron chi connectivity index (χ0n) is 21.9. The number of hydrogen-bond donors (Lipinski definition) is 3. The molecule has 40 heavy (non-hydrogen) atoms. The Morgan fingerprint density at radius 1 is 1.00 bits per heavy atom. The third-order valence-corrected chi connectivity index (χ3v) is 10.3. The molecule has 13 heteroatoms. The van der Waals surface area contributed by atoms with Crippen molar-refractivity contribution in [2.45, 2.75) is 75.7 Å². The van der Waals surface area contributed by atoms with Crippen molar-refractivity contribution < 1.29 is 58.1 Å². The first-order valence-electron chi connectivity index (χ1n) is 13.0. The molecule has 0 aromatic heterocycles. The Morgan fingerprint density at radius 3 is 2.33 bits per heavy atom. The fraction of sp³-hybridized carbons (Fsp3) is 0.630. The second kappa shape index (κ2) is 7.51. The summed E-state index contributed by atoms with van der Waals surface area (Å²) in [6.07, 6.45) is -9.62. The van der Waals surface area contributed by atoms with Crippen molar-refractivity contribution in [2.75, 3.05) is 0 Å². The number of aliphatic hydroxyl groups excluding tert-OH is 2. The number of benzene rings is 1. The summed E-state index contributed by atoms with van der Waals surface area (Å²) in [6.45, 7) is 6.72. The molecule has 4 aliphatic heterocycles. The second-order valence-corrected chi connectivity index (χ2v) is 12.9. The lowest BCUT2D eigenvalue weighted by molar-refractivity contribution is -0.240. The van der Waals surface area contributed by atoms with Gasteiger partial charge in [-0.05, 0) is 24.5 Å². The predicted molar refractivity (Wildman–Crippen MR) is 132 cm³/mol. The van der Waals surface area contributed by atoms with E-state index in [1.54, 1.807) is 51.1 Å². The number of hydrogen-bond acceptors (Lipinski definition) is 13. The van der Waals surface area contributed by atoms with Gasteiger partial charge >= 0.3 is 23.1 Å². The molecule has 1 aromatic rings. The van der Waals surface area contributed by atoms with Crippen molar-refractivity contribution in [3.05, 3.63) is 30.3 Å². The second-order valence-electron chi connectivity index (χ2n) is 12.5. The van der Waals surface area contributed by atoms with Gasteiger partial charge in [0.25, 0.3) is 0 Å². The highest BCUT2D eigenvalue weighted by molar-refractivity contribution is 7.79. The van der Waals surface area contributed by atoms with Crippen LogP contribution in [0.4, 0.5) is 0 Å². The number of thiocarbonyl (C=S) groups is 1. The number of carbonyl (C=O) groups is 3. The highest BCUT2D eigenvalue weighted by Crippen LogP contribution is 2.85. The Bertz CT molecular complexity index is 1360. The molecule has 3 N–H and O–H groups in total. The van der Waals surface area contributed by atoms with E-state index in [9.17, 15) is 29.7 Å². The summed E-state index contributed by atoms with van der Waals surface area (Å²) in [5, 5.41) is 35.5. The number of carbonyl (C=O) groups excluding carboxylic acids is 3. The van der Waals surface area contributed by atoms with Crippen molar-refractivity contribution in [3.63, 3.8) is 0 Å². The molecule has 6 fully saturated rings. The molecule has 1 aromatic carbocycles. The van der Waals surface area contributed by atoms with E-state index in [1.807, 2.05) is 0 Å². The molecule has 2 spiro atoms.